The first-order valence-corrected chi connectivity index (χ1v) is 14.4. The molecule has 0 unspecified atom stereocenters. The quantitative estimate of drug-likeness (QED) is 0.300. The van der Waals surface area contributed by atoms with E-state index in [1.165, 1.54) is 42.3 Å². The van der Waals surface area contributed by atoms with E-state index in [-0.39, 0.29) is 38.6 Å². The Morgan fingerprint density at radius 2 is 1.55 bits per heavy atom. The molecule has 3 aromatic rings. The maximum atomic E-state index is 13.9. The molecule has 0 aromatic heterocycles. The monoisotopic (exact) mass is 615 g/mol. The van der Waals surface area contributed by atoms with Crippen molar-refractivity contribution in [1.29, 1.82) is 0 Å². The number of benzene rings is 3. The van der Waals surface area contributed by atoms with Crippen molar-refractivity contribution in [3.63, 3.8) is 0 Å². The van der Waals surface area contributed by atoms with Gasteiger partial charge in [-0.25, -0.2) is 8.42 Å². The Labute approximate surface area is 242 Å². The van der Waals surface area contributed by atoms with Crippen LogP contribution in [0, 0.1) is 0 Å². The van der Waals surface area contributed by atoms with Gasteiger partial charge in [0.2, 0.25) is 11.8 Å². The molecule has 7 nitrogen and oxygen atoms in total. The van der Waals surface area contributed by atoms with Crippen LogP contribution in [0.15, 0.2) is 71.6 Å². The Balaban J connectivity index is 2.10. The predicted octanol–water partition coefficient (Wildman–Crippen LogP) is 6.05. The molecular weight excluding hydrogens is 592 g/mol. The minimum atomic E-state index is -4.26. The summed E-state index contributed by atoms with van der Waals surface area (Å²) in [5.74, 6) is -1.04. The minimum absolute atomic E-state index is 0.0237. The first-order chi connectivity index (χ1) is 18.0. The molecule has 3 aromatic carbocycles. The van der Waals surface area contributed by atoms with Gasteiger partial charge in [0, 0.05) is 18.6 Å². The molecule has 38 heavy (non-hydrogen) atoms. The predicted molar refractivity (Wildman–Crippen MR) is 153 cm³/mol. The number of carbonyl (C=O) groups excluding carboxylic acids is 2. The second-order valence-electron chi connectivity index (χ2n) is 8.23. The minimum Gasteiger partial charge on any atom is -0.357 e. The van der Waals surface area contributed by atoms with Crippen molar-refractivity contribution < 1.29 is 18.0 Å². The molecule has 0 aliphatic carbocycles. The van der Waals surface area contributed by atoms with Crippen molar-refractivity contribution >= 4 is 73.9 Å². The molecule has 12 heteroatoms. The first-order valence-electron chi connectivity index (χ1n) is 11.5. The lowest BCUT2D eigenvalue weighted by Gasteiger charge is -2.33. The van der Waals surface area contributed by atoms with Crippen LogP contribution >= 0.6 is 46.4 Å². The lowest BCUT2D eigenvalue weighted by Crippen LogP contribution is -2.51. The molecule has 202 valence electrons. The summed E-state index contributed by atoms with van der Waals surface area (Å²) < 4.78 is 28.4. The Hall–Kier alpha value is -2.49. The normalized spacial score (nSPS) is 12.1. The number of amides is 2. The molecule has 0 saturated heterocycles. The fourth-order valence-electron chi connectivity index (χ4n) is 3.83. The summed E-state index contributed by atoms with van der Waals surface area (Å²) in [6.07, 6.45) is 0.274. The van der Waals surface area contributed by atoms with Crippen LogP contribution in [0.5, 0.6) is 0 Å². The third-order valence-electron chi connectivity index (χ3n) is 5.76. The number of rotatable bonds is 10. The highest BCUT2D eigenvalue weighted by atomic mass is 35.5. The van der Waals surface area contributed by atoms with Gasteiger partial charge in [-0.3, -0.25) is 13.9 Å². The van der Waals surface area contributed by atoms with Crippen molar-refractivity contribution in [2.24, 2.45) is 0 Å². The van der Waals surface area contributed by atoms with E-state index in [0.29, 0.717) is 10.6 Å². The lowest BCUT2D eigenvalue weighted by molar-refractivity contribution is -0.140. The van der Waals surface area contributed by atoms with Gasteiger partial charge in [-0.2, -0.15) is 0 Å². The fraction of sp³-hybridized carbons (Fsp3) is 0.231. The van der Waals surface area contributed by atoms with Crippen LogP contribution in [0.3, 0.4) is 0 Å². The van der Waals surface area contributed by atoms with Crippen molar-refractivity contribution in [3.8, 4) is 0 Å². The van der Waals surface area contributed by atoms with Crippen LogP contribution in [0.4, 0.5) is 5.69 Å². The summed E-state index contributed by atoms with van der Waals surface area (Å²) in [6, 6.07) is 15.9. The Morgan fingerprint density at radius 1 is 0.895 bits per heavy atom. The summed E-state index contributed by atoms with van der Waals surface area (Å²) in [6.45, 7) is 1.08. The molecule has 0 spiro atoms. The van der Waals surface area contributed by atoms with Crippen LogP contribution in [0.1, 0.15) is 18.9 Å². The summed E-state index contributed by atoms with van der Waals surface area (Å²) in [5, 5.41) is 3.49. The summed E-state index contributed by atoms with van der Waals surface area (Å²) in [4.78, 5) is 27.9. The maximum Gasteiger partial charge on any atom is 0.264 e. The van der Waals surface area contributed by atoms with Crippen LogP contribution in [-0.4, -0.2) is 44.8 Å². The van der Waals surface area contributed by atoms with Gasteiger partial charge in [0.25, 0.3) is 10.0 Å². The number of hydrogen-bond donors (Lipinski definition) is 1. The number of likely N-dealkylation sites (N-methyl/N-ethyl adjacent to an activating group) is 1. The van der Waals surface area contributed by atoms with Crippen molar-refractivity contribution in [2.75, 3.05) is 17.9 Å². The van der Waals surface area contributed by atoms with E-state index >= 15 is 0 Å². The zero-order valence-electron chi connectivity index (χ0n) is 20.5. The van der Waals surface area contributed by atoms with Crippen molar-refractivity contribution in [3.05, 3.63) is 92.4 Å². The number of hydrogen-bond acceptors (Lipinski definition) is 4. The third kappa shape index (κ3) is 6.93. The Morgan fingerprint density at radius 3 is 2.16 bits per heavy atom. The summed E-state index contributed by atoms with van der Waals surface area (Å²) >= 11 is 24.8. The molecule has 0 heterocycles. The van der Waals surface area contributed by atoms with E-state index in [2.05, 4.69) is 5.32 Å². The Kier molecular flexibility index (Phi) is 10.3. The molecule has 0 radical (unpaired) electrons. The molecular formula is C26H25Cl4N3O4S. The van der Waals surface area contributed by atoms with Gasteiger partial charge < -0.3 is 10.2 Å². The van der Waals surface area contributed by atoms with Gasteiger partial charge in [0.15, 0.2) is 0 Å². The van der Waals surface area contributed by atoms with E-state index in [1.54, 1.807) is 43.3 Å². The fourth-order valence-corrected chi connectivity index (χ4v) is 6.03. The SMILES string of the molecule is CC[C@@H](C(=O)NC)N(Cc1ccc(Cl)c(Cl)c1)C(=O)CN(c1cc(Cl)ccc1Cl)S(=O)(=O)c1ccccc1. The van der Waals surface area contributed by atoms with E-state index in [4.69, 9.17) is 46.4 Å². The number of anilines is 1. The molecule has 0 bridgehead atoms. The van der Waals surface area contributed by atoms with Crippen molar-refractivity contribution in [1.82, 2.24) is 10.2 Å². The Bertz CT molecular complexity index is 1420. The molecule has 1 N–H and O–H groups in total. The number of nitrogens with zero attached hydrogens (tertiary/aromatic N) is 2. The van der Waals surface area contributed by atoms with Gasteiger partial charge in [-0.1, -0.05) is 77.6 Å². The van der Waals surface area contributed by atoms with E-state index in [0.717, 1.165) is 4.31 Å². The average Bonchev–Trinajstić information content (AvgIpc) is 2.90. The van der Waals surface area contributed by atoms with Crippen LogP contribution in [0.2, 0.25) is 20.1 Å². The number of carbonyl (C=O) groups is 2. The van der Waals surface area contributed by atoms with Crippen LogP contribution in [0.25, 0.3) is 0 Å². The third-order valence-corrected chi connectivity index (χ3v) is 8.82. The lowest BCUT2D eigenvalue weighted by atomic mass is 10.1. The highest BCUT2D eigenvalue weighted by Gasteiger charge is 2.34. The highest BCUT2D eigenvalue weighted by molar-refractivity contribution is 7.92. The standard InChI is InChI=1S/C26H25Cl4N3O4S/c1-3-23(26(35)31-2)32(15-17-9-11-20(28)22(30)13-17)25(34)16-33(24-14-18(27)10-12-21(24)29)38(36,37)19-7-5-4-6-8-19/h4-14,23H,3,15-16H2,1-2H3,(H,31,35)/t23-/m0/s1. The number of halogens is 4. The zero-order valence-corrected chi connectivity index (χ0v) is 24.3. The molecule has 1 atom stereocenters. The van der Waals surface area contributed by atoms with Crippen molar-refractivity contribution in [2.45, 2.75) is 30.8 Å². The maximum absolute atomic E-state index is 13.9. The van der Waals surface area contributed by atoms with Crippen LogP contribution < -0.4 is 9.62 Å². The van der Waals surface area contributed by atoms with Gasteiger partial charge in [0.05, 0.1) is 25.7 Å². The second-order valence-corrected chi connectivity index (χ2v) is 11.7. The van der Waals surface area contributed by atoms with Gasteiger partial charge >= 0.3 is 0 Å². The van der Waals surface area contributed by atoms with Gasteiger partial charge in [0.1, 0.15) is 12.6 Å². The van der Waals surface area contributed by atoms with Gasteiger partial charge in [-0.15, -0.1) is 0 Å². The first kappa shape index (κ1) is 30.1. The molecule has 0 aliphatic rings. The summed E-state index contributed by atoms with van der Waals surface area (Å²) in [5.41, 5.74) is 0.632. The topological polar surface area (TPSA) is 86.8 Å². The largest absolute Gasteiger partial charge is 0.357 e. The van der Waals surface area contributed by atoms with Gasteiger partial charge in [-0.05, 0) is 54.4 Å². The molecule has 0 fully saturated rings. The van der Waals surface area contributed by atoms with Crippen LogP contribution in [-0.2, 0) is 26.2 Å². The highest BCUT2D eigenvalue weighted by Crippen LogP contribution is 2.33. The number of sulfonamides is 1. The van der Waals surface area contributed by atoms with E-state index in [9.17, 15) is 18.0 Å². The second kappa shape index (κ2) is 13.0. The molecule has 0 aliphatic heterocycles. The summed E-state index contributed by atoms with van der Waals surface area (Å²) in [7, 11) is -2.80. The van der Waals surface area contributed by atoms with E-state index in [1.807, 2.05) is 0 Å². The average molecular weight is 617 g/mol. The molecule has 3 rings (SSSR count). The smallest absolute Gasteiger partial charge is 0.264 e. The number of nitrogens with one attached hydrogen (secondary N) is 1. The van der Waals surface area contributed by atoms with E-state index < -0.39 is 34.4 Å². The molecule has 0 saturated carbocycles. The zero-order chi connectivity index (χ0) is 28.0. The molecule has 2 amide bonds.